The minimum Gasteiger partial charge on any atom is -0.497 e. The molecule has 0 heterocycles. The van der Waals surface area contributed by atoms with Gasteiger partial charge >= 0.3 is 5.97 Å². The SMILES string of the molecule is COc1ccc(C(=O)COC(=O)CC23C[C@@H]4C[C@@H](CC(O)(C4)C2)C3)c(OC)c1. The van der Waals surface area contributed by atoms with Crippen LogP contribution in [0.3, 0.4) is 0 Å². The molecule has 28 heavy (non-hydrogen) atoms. The molecule has 4 atom stereocenters. The monoisotopic (exact) mass is 388 g/mol. The number of carbonyl (C=O) groups is 2. The van der Waals surface area contributed by atoms with Gasteiger partial charge in [0.1, 0.15) is 11.5 Å². The minimum atomic E-state index is -0.601. The molecule has 2 unspecified atom stereocenters. The van der Waals surface area contributed by atoms with Gasteiger partial charge in [-0.15, -0.1) is 0 Å². The van der Waals surface area contributed by atoms with Crippen LogP contribution >= 0.6 is 0 Å². The fourth-order valence-electron chi connectivity index (χ4n) is 6.22. The zero-order chi connectivity index (χ0) is 19.9. The number of hydrogen-bond donors (Lipinski definition) is 1. The van der Waals surface area contributed by atoms with Crippen LogP contribution in [0.5, 0.6) is 11.5 Å². The van der Waals surface area contributed by atoms with E-state index in [1.54, 1.807) is 25.3 Å². The Labute approximate surface area is 165 Å². The number of ketones is 1. The topological polar surface area (TPSA) is 82.1 Å². The first-order valence-corrected chi connectivity index (χ1v) is 9.97. The number of esters is 1. The van der Waals surface area contributed by atoms with Crippen LogP contribution in [0.15, 0.2) is 18.2 Å². The molecule has 4 fully saturated rings. The van der Waals surface area contributed by atoms with Crippen LogP contribution in [0.2, 0.25) is 0 Å². The Morgan fingerprint density at radius 2 is 1.82 bits per heavy atom. The van der Waals surface area contributed by atoms with Gasteiger partial charge in [0.05, 0.1) is 31.8 Å². The van der Waals surface area contributed by atoms with Crippen molar-refractivity contribution in [2.24, 2.45) is 17.3 Å². The van der Waals surface area contributed by atoms with Crippen LogP contribution in [0.1, 0.15) is 55.3 Å². The minimum absolute atomic E-state index is 0.156. The molecule has 6 heteroatoms. The van der Waals surface area contributed by atoms with Gasteiger partial charge in [0.2, 0.25) is 5.78 Å². The van der Waals surface area contributed by atoms with E-state index in [0.29, 0.717) is 35.3 Å². The molecule has 5 rings (SSSR count). The number of methoxy groups -OCH3 is 2. The van der Waals surface area contributed by atoms with Crippen LogP contribution < -0.4 is 9.47 Å². The first kappa shape index (κ1) is 19.2. The van der Waals surface area contributed by atoms with Crippen molar-refractivity contribution in [3.05, 3.63) is 23.8 Å². The number of benzene rings is 1. The largest absolute Gasteiger partial charge is 0.497 e. The van der Waals surface area contributed by atoms with Gasteiger partial charge in [0.15, 0.2) is 6.61 Å². The highest BCUT2D eigenvalue weighted by atomic mass is 16.5. The standard InChI is InChI=1S/C22H28O6/c1-26-16-3-4-17(19(6-16)27-2)18(23)12-28-20(24)11-21-7-14-5-15(8-21)10-22(25,9-14)13-21/h3-4,6,14-15,25H,5,7-13H2,1-2H3/t14-,15+,21?,22?. The second kappa shape index (κ2) is 7.07. The maximum absolute atomic E-state index is 12.5. The number of rotatable bonds is 7. The van der Waals surface area contributed by atoms with E-state index < -0.39 is 5.60 Å². The van der Waals surface area contributed by atoms with Crippen LogP contribution in [0.25, 0.3) is 0 Å². The second-order valence-electron chi connectivity index (χ2n) is 9.01. The molecule has 0 aliphatic heterocycles. The summed E-state index contributed by atoms with van der Waals surface area (Å²) in [5.41, 5.74) is -0.395. The third-order valence-corrected chi connectivity index (χ3v) is 6.74. The quantitative estimate of drug-likeness (QED) is 0.571. The third kappa shape index (κ3) is 3.62. The molecular weight excluding hydrogens is 360 g/mol. The lowest BCUT2D eigenvalue weighted by Crippen LogP contribution is -2.56. The van der Waals surface area contributed by atoms with Crippen molar-refractivity contribution in [2.75, 3.05) is 20.8 Å². The summed E-state index contributed by atoms with van der Waals surface area (Å²) in [6.45, 7) is -0.311. The Balaban J connectivity index is 1.37. The predicted octanol–water partition coefficient (Wildman–Crippen LogP) is 3.15. The summed E-state index contributed by atoms with van der Waals surface area (Å²) in [7, 11) is 3.02. The van der Waals surface area contributed by atoms with E-state index in [0.717, 1.165) is 25.7 Å². The van der Waals surface area contributed by atoms with E-state index in [-0.39, 0.29) is 30.2 Å². The molecule has 0 aromatic heterocycles. The van der Waals surface area contributed by atoms with Gasteiger partial charge in [-0.25, -0.2) is 0 Å². The second-order valence-corrected chi connectivity index (χ2v) is 9.01. The average Bonchev–Trinajstić information content (AvgIpc) is 2.63. The molecule has 0 spiro atoms. The van der Waals surface area contributed by atoms with E-state index >= 15 is 0 Å². The third-order valence-electron chi connectivity index (χ3n) is 6.74. The van der Waals surface area contributed by atoms with Crippen molar-refractivity contribution in [1.82, 2.24) is 0 Å². The van der Waals surface area contributed by atoms with E-state index in [1.165, 1.54) is 13.5 Å². The molecule has 0 radical (unpaired) electrons. The van der Waals surface area contributed by atoms with Gasteiger partial charge in [0, 0.05) is 6.07 Å². The fourth-order valence-corrected chi connectivity index (χ4v) is 6.22. The Kier molecular flexibility index (Phi) is 4.86. The first-order chi connectivity index (χ1) is 13.3. The molecule has 1 aromatic rings. The number of Topliss-reactive ketones (excluding diaryl/α,β-unsaturated/α-hetero) is 1. The molecule has 4 aliphatic carbocycles. The highest BCUT2D eigenvalue weighted by Gasteiger charge is 2.57. The van der Waals surface area contributed by atoms with Crippen LogP contribution in [0.4, 0.5) is 0 Å². The van der Waals surface area contributed by atoms with E-state index in [1.807, 2.05) is 0 Å². The fraction of sp³-hybridized carbons (Fsp3) is 0.636. The highest BCUT2D eigenvalue weighted by molar-refractivity contribution is 6.00. The zero-order valence-electron chi connectivity index (χ0n) is 16.5. The summed E-state index contributed by atoms with van der Waals surface area (Å²) in [4.78, 5) is 25.0. The number of aliphatic hydroxyl groups is 1. The van der Waals surface area contributed by atoms with Crippen LogP contribution in [-0.4, -0.2) is 43.3 Å². The normalized spacial score (nSPS) is 32.8. The Bertz CT molecular complexity index is 771. The van der Waals surface area contributed by atoms with Crippen molar-refractivity contribution < 1.29 is 28.9 Å². The van der Waals surface area contributed by atoms with Crippen LogP contribution in [0, 0.1) is 17.3 Å². The predicted molar refractivity (Wildman–Crippen MR) is 102 cm³/mol. The number of ether oxygens (including phenoxy) is 3. The van der Waals surface area contributed by atoms with E-state index in [9.17, 15) is 14.7 Å². The maximum atomic E-state index is 12.5. The first-order valence-electron chi connectivity index (χ1n) is 9.97. The van der Waals surface area contributed by atoms with Gasteiger partial charge < -0.3 is 19.3 Å². The molecule has 6 nitrogen and oxygen atoms in total. The van der Waals surface area contributed by atoms with Gasteiger partial charge in [-0.05, 0) is 67.9 Å². The Hall–Kier alpha value is -2.08. The molecule has 1 N–H and O–H groups in total. The number of carbonyl (C=O) groups excluding carboxylic acids is 2. The molecule has 4 aliphatic rings. The molecular formula is C22H28O6. The molecule has 0 saturated heterocycles. The summed E-state index contributed by atoms with van der Waals surface area (Å²) in [5.74, 6) is 1.35. The van der Waals surface area contributed by atoms with E-state index in [2.05, 4.69) is 0 Å². The maximum Gasteiger partial charge on any atom is 0.306 e. The average molecular weight is 388 g/mol. The zero-order valence-corrected chi connectivity index (χ0v) is 16.5. The highest BCUT2D eigenvalue weighted by Crippen LogP contribution is 2.62. The lowest BCUT2D eigenvalue weighted by atomic mass is 9.47. The van der Waals surface area contributed by atoms with Crippen molar-refractivity contribution in [3.8, 4) is 11.5 Å². The summed E-state index contributed by atoms with van der Waals surface area (Å²) in [6.07, 6.45) is 5.86. The van der Waals surface area contributed by atoms with Gasteiger partial charge in [0.25, 0.3) is 0 Å². The van der Waals surface area contributed by atoms with Crippen molar-refractivity contribution in [2.45, 2.75) is 50.5 Å². The van der Waals surface area contributed by atoms with Gasteiger partial charge in [-0.3, -0.25) is 9.59 Å². The molecule has 4 bridgehead atoms. The van der Waals surface area contributed by atoms with E-state index in [4.69, 9.17) is 14.2 Å². The van der Waals surface area contributed by atoms with Crippen molar-refractivity contribution in [3.63, 3.8) is 0 Å². The molecule has 0 amide bonds. The summed E-state index contributed by atoms with van der Waals surface area (Å²) >= 11 is 0. The molecule has 4 saturated carbocycles. The molecule has 1 aromatic carbocycles. The van der Waals surface area contributed by atoms with Gasteiger partial charge in [-0.2, -0.15) is 0 Å². The smallest absolute Gasteiger partial charge is 0.306 e. The van der Waals surface area contributed by atoms with Crippen LogP contribution in [-0.2, 0) is 9.53 Å². The summed E-state index contributed by atoms with van der Waals surface area (Å²) in [6, 6.07) is 4.92. The lowest BCUT2D eigenvalue weighted by Gasteiger charge is -2.60. The number of hydrogen-bond acceptors (Lipinski definition) is 6. The Morgan fingerprint density at radius 3 is 2.43 bits per heavy atom. The lowest BCUT2D eigenvalue weighted by molar-refractivity contribution is -0.176. The Morgan fingerprint density at radius 1 is 1.11 bits per heavy atom. The van der Waals surface area contributed by atoms with Crippen molar-refractivity contribution >= 4 is 11.8 Å². The van der Waals surface area contributed by atoms with Gasteiger partial charge in [-0.1, -0.05) is 0 Å². The summed E-state index contributed by atoms with van der Waals surface area (Å²) < 4.78 is 15.7. The molecule has 152 valence electrons. The van der Waals surface area contributed by atoms with Crippen molar-refractivity contribution in [1.29, 1.82) is 0 Å². The summed E-state index contributed by atoms with van der Waals surface area (Å²) in [5, 5.41) is 10.8.